The third-order valence-corrected chi connectivity index (χ3v) is 5.25. The van der Waals surface area contributed by atoms with Gasteiger partial charge in [-0.05, 0) is 48.6 Å². The summed E-state index contributed by atoms with van der Waals surface area (Å²) in [6, 6.07) is 14.5. The van der Waals surface area contributed by atoms with E-state index in [0.717, 1.165) is 35.6 Å². The topological polar surface area (TPSA) is 56.1 Å². The van der Waals surface area contributed by atoms with Crippen molar-refractivity contribution in [3.63, 3.8) is 0 Å². The van der Waals surface area contributed by atoms with Crippen molar-refractivity contribution in [1.29, 1.82) is 0 Å². The third-order valence-electron chi connectivity index (χ3n) is 5.25. The Morgan fingerprint density at radius 3 is 2.63 bits per heavy atom. The van der Waals surface area contributed by atoms with Gasteiger partial charge in [-0.3, -0.25) is 4.79 Å². The van der Waals surface area contributed by atoms with Crippen LogP contribution in [0.4, 0.5) is 0 Å². The third kappa shape index (κ3) is 5.21. The highest BCUT2D eigenvalue weighted by atomic mass is 16.5. The Hall–Kier alpha value is -2.82. The van der Waals surface area contributed by atoms with Crippen LogP contribution >= 0.6 is 0 Å². The lowest BCUT2D eigenvalue weighted by Gasteiger charge is -2.16. The number of carbonyl (C=O) groups is 1. The van der Waals surface area contributed by atoms with Crippen LogP contribution in [0.5, 0.6) is 5.75 Å². The molecule has 0 saturated heterocycles. The highest BCUT2D eigenvalue weighted by Gasteiger charge is 2.13. The van der Waals surface area contributed by atoms with Crippen LogP contribution in [0.25, 0.3) is 11.0 Å². The van der Waals surface area contributed by atoms with Gasteiger partial charge in [0.2, 0.25) is 5.91 Å². The summed E-state index contributed by atoms with van der Waals surface area (Å²) in [5.41, 5.74) is 4.49. The van der Waals surface area contributed by atoms with Crippen molar-refractivity contribution in [3.05, 3.63) is 59.4 Å². The minimum atomic E-state index is -0.0410. The molecule has 0 aliphatic heterocycles. The molecule has 0 unspecified atom stereocenters. The fourth-order valence-electron chi connectivity index (χ4n) is 3.53. The normalized spacial score (nSPS) is 11.4. The number of aromatic nitrogens is 2. The second kappa shape index (κ2) is 9.79. The number of para-hydroxylation sites is 2. The number of benzene rings is 2. The highest BCUT2D eigenvalue weighted by Crippen LogP contribution is 2.27. The van der Waals surface area contributed by atoms with Crippen LogP contribution in [0, 0.1) is 12.8 Å². The maximum Gasteiger partial charge on any atom is 0.222 e. The first-order chi connectivity index (χ1) is 14.4. The summed E-state index contributed by atoms with van der Waals surface area (Å²) < 4.78 is 8.35. The first kappa shape index (κ1) is 21.9. The van der Waals surface area contributed by atoms with E-state index in [4.69, 9.17) is 9.72 Å². The number of fused-ring (bicyclic) bond motifs is 1. The van der Waals surface area contributed by atoms with Gasteiger partial charge in [0.25, 0.3) is 0 Å². The number of carbonyl (C=O) groups excluding carboxylic acids is 1. The second-order valence-corrected chi connectivity index (χ2v) is 8.44. The molecule has 1 amide bonds. The predicted octanol–water partition coefficient (Wildman–Crippen LogP) is 5.21. The molecule has 0 saturated carbocycles. The largest absolute Gasteiger partial charge is 0.493 e. The van der Waals surface area contributed by atoms with Gasteiger partial charge in [0.05, 0.1) is 24.2 Å². The summed E-state index contributed by atoms with van der Waals surface area (Å²) >= 11 is 0. The van der Waals surface area contributed by atoms with Gasteiger partial charge in [0.1, 0.15) is 11.6 Å². The lowest BCUT2D eigenvalue weighted by Crippen LogP contribution is -2.28. The predicted molar refractivity (Wildman–Crippen MR) is 122 cm³/mol. The van der Waals surface area contributed by atoms with Gasteiger partial charge >= 0.3 is 0 Å². The molecule has 0 spiro atoms. The average molecular weight is 408 g/mol. The van der Waals surface area contributed by atoms with Crippen molar-refractivity contribution in [1.82, 2.24) is 14.9 Å². The number of imidazole rings is 1. The Labute approximate surface area is 179 Å². The van der Waals surface area contributed by atoms with Gasteiger partial charge in [0, 0.05) is 12.5 Å². The van der Waals surface area contributed by atoms with Crippen LogP contribution in [-0.4, -0.2) is 22.1 Å². The monoisotopic (exact) mass is 407 g/mol. The second-order valence-electron chi connectivity index (χ2n) is 8.44. The number of aryl methyl sites for hydroxylation is 2. The van der Waals surface area contributed by atoms with Gasteiger partial charge in [0.15, 0.2) is 0 Å². The van der Waals surface area contributed by atoms with Crippen LogP contribution < -0.4 is 10.1 Å². The van der Waals surface area contributed by atoms with Crippen molar-refractivity contribution >= 4 is 16.9 Å². The van der Waals surface area contributed by atoms with Gasteiger partial charge in [-0.2, -0.15) is 0 Å². The van der Waals surface area contributed by atoms with E-state index >= 15 is 0 Å². The van der Waals surface area contributed by atoms with Gasteiger partial charge in [-0.15, -0.1) is 0 Å². The Morgan fingerprint density at radius 2 is 1.90 bits per heavy atom. The standard InChI is InChI=1S/C25H33N3O2/c1-17(2)20-12-11-19(5)15-23(20)30-14-8-13-28-22-10-7-6-9-21(22)27-24(28)16-26-25(29)18(3)4/h6-7,9-12,15,17-18H,8,13-14,16H2,1-5H3,(H,26,29). The van der Waals surface area contributed by atoms with E-state index in [1.165, 1.54) is 11.1 Å². The van der Waals surface area contributed by atoms with E-state index in [2.05, 4.69) is 54.9 Å². The Morgan fingerprint density at radius 1 is 1.13 bits per heavy atom. The number of hydrogen-bond acceptors (Lipinski definition) is 3. The molecule has 1 aromatic heterocycles. The summed E-state index contributed by atoms with van der Waals surface area (Å²) in [6.07, 6.45) is 0.858. The van der Waals surface area contributed by atoms with Crippen LogP contribution in [0.2, 0.25) is 0 Å². The van der Waals surface area contributed by atoms with E-state index in [1.807, 2.05) is 32.0 Å². The van der Waals surface area contributed by atoms with E-state index in [1.54, 1.807) is 0 Å². The number of nitrogens with zero attached hydrogens (tertiary/aromatic N) is 2. The van der Waals surface area contributed by atoms with Gasteiger partial charge < -0.3 is 14.6 Å². The maximum atomic E-state index is 12.0. The number of hydrogen-bond donors (Lipinski definition) is 1. The van der Waals surface area contributed by atoms with Crippen LogP contribution in [0.3, 0.4) is 0 Å². The van der Waals surface area contributed by atoms with Crippen molar-refractivity contribution in [3.8, 4) is 5.75 Å². The molecule has 0 aliphatic carbocycles. The first-order valence-corrected chi connectivity index (χ1v) is 10.8. The molecule has 160 valence electrons. The van der Waals surface area contributed by atoms with Gasteiger partial charge in [-0.25, -0.2) is 4.98 Å². The van der Waals surface area contributed by atoms with E-state index in [-0.39, 0.29) is 11.8 Å². The molecular formula is C25H33N3O2. The fourth-order valence-corrected chi connectivity index (χ4v) is 3.53. The van der Waals surface area contributed by atoms with Crippen molar-refractivity contribution in [2.75, 3.05) is 6.61 Å². The molecule has 5 nitrogen and oxygen atoms in total. The lowest BCUT2D eigenvalue weighted by molar-refractivity contribution is -0.124. The van der Waals surface area contributed by atoms with Gasteiger partial charge in [-0.1, -0.05) is 52.0 Å². The summed E-state index contributed by atoms with van der Waals surface area (Å²) in [7, 11) is 0. The molecule has 0 aliphatic rings. The lowest BCUT2D eigenvalue weighted by atomic mass is 10.0. The zero-order valence-corrected chi connectivity index (χ0v) is 18.7. The molecule has 0 bridgehead atoms. The minimum absolute atomic E-state index is 0.0394. The summed E-state index contributed by atoms with van der Waals surface area (Å²) in [6.45, 7) is 12.1. The first-order valence-electron chi connectivity index (χ1n) is 10.8. The highest BCUT2D eigenvalue weighted by molar-refractivity contribution is 5.78. The molecule has 0 fully saturated rings. The smallest absolute Gasteiger partial charge is 0.222 e. The molecule has 3 aromatic rings. The average Bonchev–Trinajstić information content (AvgIpc) is 3.06. The zero-order valence-electron chi connectivity index (χ0n) is 18.7. The maximum absolute atomic E-state index is 12.0. The molecule has 5 heteroatoms. The molecule has 0 atom stereocenters. The fraction of sp³-hybridized carbons (Fsp3) is 0.440. The molecule has 1 heterocycles. The molecule has 1 N–H and O–H groups in total. The van der Waals surface area contributed by atoms with Crippen molar-refractivity contribution in [2.45, 2.75) is 60.0 Å². The number of amides is 1. The van der Waals surface area contributed by atoms with E-state index in [0.29, 0.717) is 19.1 Å². The van der Waals surface area contributed by atoms with Crippen molar-refractivity contribution < 1.29 is 9.53 Å². The zero-order chi connectivity index (χ0) is 21.7. The Bertz CT molecular complexity index is 1000. The summed E-state index contributed by atoms with van der Waals surface area (Å²) in [5.74, 6) is 2.28. The molecule has 3 rings (SSSR count). The molecule has 30 heavy (non-hydrogen) atoms. The molecular weight excluding hydrogens is 374 g/mol. The Balaban J connectivity index is 1.69. The Kier molecular flexibility index (Phi) is 7.14. The van der Waals surface area contributed by atoms with Crippen molar-refractivity contribution in [2.24, 2.45) is 5.92 Å². The van der Waals surface area contributed by atoms with Crippen LogP contribution in [0.1, 0.15) is 57.0 Å². The minimum Gasteiger partial charge on any atom is -0.493 e. The van der Waals surface area contributed by atoms with E-state index < -0.39 is 0 Å². The SMILES string of the molecule is Cc1ccc(C(C)C)c(OCCCn2c(CNC(=O)C(C)C)nc3ccccc32)c1. The van der Waals surface area contributed by atoms with Crippen LogP contribution in [-0.2, 0) is 17.9 Å². The van der Waals surface area contributed by atoms with Crippen LogP contribution in [0.15, 0.2) is 42.5 Å². The summed E-state index contributed by atoms with van der Waals surface area (Å²) in [4.78, 5) is 16.7. The quantitative estimate of drug-likeness (QED) is 0.496. The van der Waals surface area contributed by atoms with E-state index in [9.17, 15) is 4.79 Å². The molecule has 0 radical (unpaired) electrons. The molecule has 2 aromatic carbocycles. The number of rotatable bonds is 9. The number of ether oxygens (including phenoxy) is 1. The summed E-state index contributed by atoms with van der Waals surface area (Å²) in [5, 5.41) is 2.99. The number of nitrogens with one attached hydrogen (secondary N) is 1.